The van der Waals surface area contributed by atoms with Crippen molar-refractivity contribution in [3.05, 3.63) is 42.4 Å². The van der Waals surface area contributed by atoms with Gasteiger partial charge in [0.15, 0.2) is 11.7 Å². The van der Waals surface area contributed by atoms with Crippen LogP contribution in [0, 0.1) is 5.92 Å². The lowest BCUT2D eigenvalue weighted by Crippen LogP contribution is -2.46. The van der Waals surface area contributed by atoms with Crippen molar-refractivity contribution in [2.45, 2.75) is 25.7 Å². The molecule has 1 unspecified atom stereocenters. The van der Waals surface area contributed by atoms with Crippen LogP contribution in [-0.4, -0.2) is 64.4 Å². The summed E-state index contributed by atoms with van der Waals surface area (Å²) in [5, 5.41) is 9.14. The number of amides is 2. The summed E-state index contributed by atoms with van der Waals surface area (Å²) >= 11 is 0. The molecule has 29 heavy (non-hydrogen) atoms. The molecule has 2 heterocycles. The Balaban J connectivity index is 1.47. The van der Waals surface area contributed by atoms with Gasteiger partial charge in [-0.05, 0) is 12.8 Å². The van der Waals surface area contributed by atoms with Gasteiger partial charge in [0, 0.05) is 38.5 Å². The number of rotatable bonds is 7. The number of aromatic nitrogens is 1. The molecule has 3 rings (SSSR count). The lowest BCUT2D eigenvalue weighted by molar-refractivity contribution is -0.147. The van der Waals surface area contributed by atoms with Crippen molar-refractivity contribution < 1.29 is 23.9 Å². The van der Waals surface area contributed by atoms with Gasteiger partial charge < -0.3 is 19.3 Å². The van der Waals surface area contributed by atoms with E-state index < -0.39 is 11.9 Å². The quantitative estimate of drug-likeness (QED) is 0.764. The minimum atomic E-state index is -0.882. The number of benzene rings is 1. The van der Waals surface area contributed by atoms with E-state index in [1.807, 2.05) is 30.3 Å². The van der Waals surface area contributed by atoms with E-state index in [1.165, 1.54) is 9.80 Å². The first-order valence-corrected chi connectivity index (χ1v) is 9.68. The van der Waals surface area contributed by atoms with Crippen LogP contribution in [0.2, 0.25) is 0 Å². The molecule has 1 aromatic carbocycles. The number of piperidine rings is 1. The maximum absolute atomic E-state index is 12.4. The summed E-state index contributed by atoms with van der Waals surface area (Å²) in [6.45, 7) is 0.671. The molecule has 8 heteroatoms. The molecule has 0 bridgehead atoms. The standard InChI is InChI=1S/C21H25N3O5/c1-23(14-20(26)24-11-5-8-16(13-24)21(27)28)19(25)10-9-18-22-12-17(29-18)15-6-3-2-4-7-15/h2-4,6-7,12,16H,5,8-11,13-14H2,1H3,(H,27,28). The van der Waals surface area contributed by atoms with E-state index in [0.717, 1.165) is 5.56 Å². The van der Waals surface area contributed by atoms with Gasteiger partial charge in [-0.25, -0.2) is 4.98 Å². The number of carbonyl (C=O) groups is 3. The molecule has 0 radical (unpaired) electrons. The molecule has 1 N–H and O–H groups in total. The number of hydrogen-bond acceptors (Lipinski definition) is 5. The molecule has 2 aromatic rings. The molecule has 1 aliphatic rings. The minimum Gasteiger partial charge on any atom is -0.481 e. The summed E-state index contributed by atoms with van der Waals surface area (Å²) in [5.74, 6) is -0.712. The van der Waals surface area contributed by atoms with Crippen molar-refractivity contribution in [1.82, 2.24) is 14.8 Å². The number of oxazole rings is 1. The lowest BCUT2D eigenvalue weighted by atomic mass is 9.98. The summed E-state index contributed by atoms with van der Waals surface area (Å²) in [6.07, 6.45) is 3.39. The molecule has 0 saturated carbocycles. The number of likely N-dealkylation sites (N-methyl/N-ethyl adjacent to an activating group) is 1. The Morgan fingerprint density at radius 2 is 2.03 bits per heavy atom. The van der Waals surface area contributed by atoms with Crippen LogP contribution in [0.3, 0.4) is 0 Å². The molecule has 1 atom stereocenters. The topological polar surface area (TPSA) is 104 Å². The smallest absolute Gasteiger partial charge is 0.308 e. The van der Waals surface area contributed by atoms with Crippen LogP contribution in [0.15, 0.2) is 40.9 Å². The molecular weight excluding hydrogens is 374 g/mol. The van der Waals surface area contributed by atoms with E-state index in [0.29, 0.717) is 37.5 Å². The number of carboxylic acid groups (broad SMARTS) is 1. The number of nitrogens with zero attached hydrogens (tertiary/aromatic N) is 3. The molecule has 0 spiro atoms. The average Bonchev–Trinajstić information content (AvgIpc) is 3.21. The highest BCUT2D eigenvalue weighted by Gasteiger charge is 2.29. The minimum absolute atomic E-state index is 0.0635. The maximum atomic E-state index is 12.4. The monoisotopic (exact) mass is 399 g/mol. The third-order valence-electron chi connectivity index (χ3n) is 5.09. The van der Waals surface area contributed by atoms with Crippen molar-refractivity contribution in [1.29, 1.82) is 0 Å². The Hall–Kier alpha value is -3.16. The molecule has 8 nitrogen and oxygen atoms in total. The number of hydrogen-bond donors (Lipinski definition) is 1. The van der Waals surface area contributed by atoms with Crippen LogP contribution >= 0.6 is 0 Å². The van der Waals surface area contributed by atoms with Crippen molar-refractivity contribution >= 4 is 17.8 Å². The SMILES string of the molecule is CN(CC(=O)N1CCCC(C(=O)O)C1)C(=O)CCc1ncc(-c2ccccc2)o1. The second-order valence-corrected chi connectivity index (χ2v) is 7.25. The van der Waals surface area contributed by atoms with E-state index in [1.54, 1.807) is 13.2 Å². The number of likely N-dealkylation sites (tertiary alicyclic amines) is 1. The van der Waals surface area contributed by atoms with Crippen LogP contribution in [0.25, 0.3) is 11.3 Å². The van der Waals surface area contributed by atoms with Crippen molar-refractivity contribution in [3.8, 4) is 11.3 Å². The van der Waals surface area contributed by atoms with Crippen LogP contribution in [0.5, 0.6) is 0 Å². The van der Waals surface area contributed by atoms with Crippen molar-refractivity contribution in [2.75, 3.05) is 26.7 Å². The number of carbonyl (C=O) groups excluding carboxylic acids is 2. The number of aliphatic carboxylic acids is 1. The Labute approximate surface area is 169 Å². The first-order chi connectivity index (χ1) is 13.9. The molecule has 2 amide bonds. The summed E-state index contributed by atoms with van der Waals surface area (Å²) in [6, 6.07) is 9.58. The fourth-order valence-electron chi connectivity index (χ4n) is 3.36. The molecular formula is C21H25N3O5. The van der Waals surface area contributed by atoms with Gasteiger partial charge in [-0.15, -0.1) is 0 Å². The summed E-state index contributed by atoms with van der Waals surface area (Å²) in [7, 11) is 1.57. The van der Waals surface area contributed by atoms with Gasteiger partial charge in [0.1, 0.15) is 0 Å². The van der Waals surface area contributed by atoms with E-state index in [9.17, 15) is 14.4 Å². The van der Waals surface area contributed by atoms with E-state index in [-0.39, 0.29) is 31.3 Å². The van der Waals surface area contributed by atoms with Crippen LogP contribution in [0.4, 0.5) is 0 Å². The van der Waals surface area contributed by atoms with Crippen LogP contribution < -0.4 is 0 Å². The first kappa shape index (κ1) is 20.6. The van der Waals surface area contributed by atoms with Gasteiger partial charge in [0.05, 0.1) is 18.7 Å². The predicted octanol–water partition coefficient (Wildman–Crippen LogP) is 2.06. The van der Waals surface area contributed by atoms with Gasteiger partial charge in [0.2, 0.25) is 11.8 Å². The van der Waals surface area contributed by atoms with E-state index in [4.69, 9.17) is 9.52 Å². The van der Waals surface area contributed by atoms with Gasteiger partial charge in [-0.3, -0.25) is 14.4 Å². The molecule has 1 aliphatic heterocycles. The Bertz CT molecular complexity index is 864. The largest absolute Gasteiger partial charge is 0.481 e. The highest BCUT2D eigenvalue weighted by Crippen LogP contribution is 2.20. The highest BCUT2D eigenvalue weighted by atomic mass is 16.4. The fourth-order valence-corrected chi connectivity index (χ4v) is 3.36. The van der Waals surface area contributed by atoms with Crippen LogP contribution in [-0.2, 0) is 20.8 Å². The molecule has 1 aromatic heterocycles. The third-order valence-corrected chi connectivity index (χ3v) is 5.09. The molecule has 154 valence electrons. The third kappa shape index (κ3) is 5.43. The molecule has 1 saturated heterocycles. The van der Waals surface area contributed by atoms with Gasteiger partial charge >= 0.3 is 5.97 Å². The zero-order chi connectivity index (χ0) is 20.8. The van der Waals surface area contributed by atoms with Crippen molar-refractivity contribution in [3.63, 3.8) is 0 Å². The summed E-state index contributed by atoms with van der Waals surface area (Å²) < 4.78 is 5.70. The maximum Gasteiger partial charge on any atom is 0.308 e. The fraction of sp³-hybridized carbons (Fsp3) is 0.429. The van der Waals surface area contributed by atoms with Crippen LogP contribution in [0.1, 0.15) is 25.2 Å². The number of carboxylic acids is 1. The van der Waals surface area contributed by atoms with Gasteiger partial charge in [0.25, 0.3) is 0 Å². The van der Waals surface area contributed by atoms with Gasteiger partial charge in [-0.1, -0.05) is 30.3 Å². The zero-order valence-electron chi connectivity index (χ0n) is 16.4. The Morgan fingerprint density at radius 3 is 2.76 bits per heavy atom. The second-order valence-electron chi connectivity index (χ2n) is 7.25. The normalized spacial score (nSPS) is 16.4. The Morgan fingerprint density at radius 1 is 1.28 bits per heavy atom. The van der Waals surface area contributed by atoms with E-state index in [2.05, 4.69) is 4.98 Å². The number of aryl methyl sites for hydroxylation is 1. The van der Waals surface area contributed by atoms with Crippen molar-refractivity contribution in [2.24, 2.45) is 5.92 Å². The molecule has 1 fully saturated rings. The average molecular weight is 399 g/mol. The predicted molar refractivity (Wildman–Crippen MR) is 105 cm³/mol. The summed E-state index contributed by atoms with van der Waals surface area (Å²) in [4.78, 5) is 43.1. The Kier molecular flexibility index (Phi) is 6.64. The zero-order valence-corrected chi connectivity index (χ0v) is 16.4. The second kappa shape index (κ2) is 9.36. The van der Waals surface area contributed by atoms with Gasteiger partial charge in [-0.2, -0.15) is 0 Å². The molecule has 0 aliphatic carbocycles. The van der Waals surface area contributed by atoms with E-state index >= 15 is 0 Å². The summed E-state index contributed by atoms with van der Waals surface area (Å²) in [5.41, 5.74) is 0.918. The highest BCUT2D eigenvalue weighted by molar-refractivity contribution is 5.85. The lowest BCUT2D eigenvalue weighted by Gasteiger charge is -2.32. The first-order valence-electron chi connectivity index (χ1n) is 9.68.